The molecule has 3 aromatic rings. The summed E-state index contributed by atoms with van der Waals surface area (Å²) in [5.41, 5.74) is 6.55. The van der Waals surface area contributed by atoms with Crippen molar-refractivity contribution in [3.63, 3.8) is 0 Å². The molecule has 0 radical (unpaired) electrons. The lowest BCUT2D eigenvalue weighted by atomic mass is 9.94. The van der Waals surface area contributed by atoms with Crippen LogP contribution in [0.5, 0.6) is 17.2 Å². The molecule has 3 heteroatoms. The minimum Gasteiger partial charge on any atom is -0.508 e. The highest BCUT2D eigenvalue weighted by Gasteiger charge is 2.11. The van der Waals surface area contributed by atoms with Crippen molar-refractivity contribution in [2.75, 3.05) is 0 Å². The Morgan fingerprint density at radius 2 is 1.31 bits per heavy atom. The standard InChI is InChI=1S/C23H24O3/c1-14-4-6-22(25)19(8-14)13-20-12-18(10-16(3)23(20)26)11-17-5-7-21(24)15(2)9-17/h4-10,12,24-26H,11,13H2,1-3H3. The summed E-state index contributed by atoms with van der Waals surface area (Å²) in [4.78, 5) is 0. The molecule has 0 saturated carbocycles. The first kappa shape index (κ1) is 17.9. The van der Waals surface area contributed by atoms with Gasteiger partial charge in [-0.2, -0.15) is 0 Å². The van der Waals surface area contributed by atoms with Gasteiger partial charge in [0, 0.05) is 6.42 Å². The summed E-state index contributed by atoms with van der Waals surface area (Å²) in [5.74, 6) is 0.815. The first-order chi connectivity index (χ1) is 12.3. The third-order valence-corrected chi connectivity index (χ3v) is 4.72. The highest BCUT2D eigenvalue weighted by molar-refractivity contribution is 5.49. The van der Waals surface area contributed by atoms with E-state index >= 15 is 0 Å². The summed E-state index contributed by atoms with van der Waals surface area (Å²) in [5, 5.41) is 30.3. The molecule has 26 heavy (non-hydrogen) atoms. The maximum atomic E-state index is 10.5. The quantitative estimate of drug-likeness (QED) is 0.628. The first-order valence-electron chi connectivity index (χ1n) is 8.72. The van der Waals surface area contributed by atoms with Crippen molar-refractivity contribution in [2.45, 2.75) is 33.6 Å². The second-order valence-corrected chi connectivity index (χ2v) is 7.03. The summed E-state index contributed by atoms with van der Waals surface area (Å²) >= 11 is 0. The number of aromatic hydroxyl groups is 3. The minimum atomic E-state index is 0.243. The smallest absolute Gasteiger partial charge is 0.122 e. The van der Waals surface area contributed by atoms with Crippen molar-refractivity contribution in [2.24, 2.45) is 0 Å². The number of phenolic OH excluding ortho intramolecular Hbond substituents is 3. The van der Waals surface area contributed by atoms with Crippen LogP contribution in [0.25, 0.3) is 0 Å². The molecule has 3 nitrogen and oxygen atoms in total. The molecule has 0 aliphatic heterocycles. The normalized spacial score (nSPS) is 10.9. The van der Waals surface area contributed by atoms with Crippen molar-refractivity contribution < 1.29 is 15.3 Å². The van der Waals surface area contributed by atoms with Crippen molar-refractivity contribution in [1.29, 1.82) is 0 Å². The minimum absolute atomic E-state index is 0.243. The molecule has 0 saturated heterocycles. The van der Waals surface area contributed by atoms with Gasteiger partial charge in [0.25, 0.3) is 0 Å². The lowest BCUT2D eigenvalue weighted by Crippen LogP contribution is -1.97. The van der Waals surface area contributed by atoms with Crippen LogP contribution >= 0.6 is 0 Å². The molecule has 0 bridgehead atoms. The van der Waals surface area contributed by atoms with Gasteiger partial charge in [0.1, 0.15) is 17.2 Å². The molecule has 0 aliphatic rings. The van der Waals surface area contributed by atoms with Crippen LogP contribution in [0, 0.1) is 20.8 Å². The fourth-order valence-electron chi connectivity index (χ4n) is 3.29. The fraction of sp³-hybridized carbons (Fsp3) is 0.217. The van der Waals surface area contributed by atoms with Gasteiger partial charge in [-0.05, 0) is 72.7 Å². The SMILES string of the molecule is Cc1ccc(O)c(Cc2cc(Cc3ccc(O)c(C)c3)cc(C)c2O)c1. The van der Waals surface area contributed by atoms with E-state index < -0.39 is 0 Å². The van der Waals surface area contributed by atoms with E-state index in [1.165, 1.54) is 0 Å². The lowest BCUT2D eigenvalue weighted by molar-refractivity contribution is 0.460. The van der Waals surface area contributed by atoms with Crippen LogP contribution < -0.4 is 0 Å². The maximum Gasteiger partial charge on any atom is 0.122 e. The molecule has 0 unspecified atom stereocenters. The van der Waals surface area contributed by atoms with E-state index in [1.54, 1.807) is 12.1 Å². The van der Waals surface area contributed by atoms with Gasteiger partial charge in [0.15, 0.2) is 0 Å². The summed E-state index contributed by atoms with van der Waals surface area (Å²) in [7, 11) is 0. The van der Waals surface area contributed by atoms with E-state index in [9.17, 15) is 15.3 Å². The second-order valence-electron chi connectivity index (χ2n) is 7.03. The zero-order chi connectivity index (χ0) is 18.8. The molecule has 0 spiro atoms. The Hall–Kier alpha value is -2.94. The topological polar surface area (TPSA) is 60.7 Å². The third-order valence-electron chi connectivity index (χ3n) is 4.72. The summed E-state index contributed by atoms with van der Waals surface area (Å²) in [6, 6.07) is 15.1. The number of hydrogen-bond acceptors (Lipinski definition) is 3. The molecule has 3 rings (SSSR count). The Morgan fingerprint density at radius 1 is 0.615 bits per heavy atom. The average molecular weight is 348 g/mol. The monoisotopic (exact) mass is 348 g/mol. The van der Waals surface area contributed by atoms with Crippen LogP contribution in [0.1, 0.15) is 38.9 Å². The van der Waals surface area contributed by atoms with Gasteiger partial charge in [-0.1, -0.05) is 42.0 Å². The molecule has 0 heterocycles. The third kappa shape index (κ3) is 3.83. The molecule has 0 atom stereocenters. The highest BCUT2D eigenvalue weighted by atomic mass is 16.3. The molecular formula is C23H24O3. The van der Waals surface area contributed by atoms with E-state index in [1.807, 2.05) is 57.2 Å². The second kappa shape index (κ2) is 7.12. The van der Waals surface area contributed by atoms with E-state index in [4.69, 9.17) is 0 Å². The van der Waals surface area contributed by atoms with Crippen molar-refractivity contribution >= 4 is 0 Å². The van der Waals surface area contributed by atoms with Crippen molar-refractivity contribution in [3.05, 3.63) is 87.5 Å². The Labute approximate surface area is 154 Å². The maximum absolute atomic E-state index is 10.5. The van der Waals surface area contributed by atoms with E-state index in [-0.39, 0.29) is 11.5 Å². The van der Waals surface area contributed by atoms with Gasteiger partial charge in [-0.3, -0.25) is 0 Å². The molecule has 134 valence electrons. The van der Waals surface area contributed by atoms with Gasteiger partial charge in [-0.15, -0.1) is 0 Å². The summed E-state index contributed by atoms with van der Waals surface area (Å²) in [6.07, 6.45) is 1.19. The molecule has 0 aliphatic carbocycles. The average Bonchev–Trinajstić information content (AvgIpc) is 2.59. The molecule has 0 fully saturated rings. The Balaban J connectivity index is 1.94. The van der Waals surface area contributed by atoms with Crippen molar-refractivity contribution in [1.82, 2.24) is 0 Å². The van der Waals surface area contributed by atoms with Crippen LogP contribution in [0.2, 0.25) is 0 Å². The van der Waals surface area contributed by atoms with E-state index in [0.717, 1.165) is 45.4 Å². The number of phenols is 3. The van der Waals surface area contributed by atoms with Gasteiger partial charge < -0.3 is 15.3 Å². The highest BCUT2D eigenvalue weighted by Crippen LogP contribution is 2.30. The Kier molecular flexibility index (Phi) is 4.90. The van der Waals surface area contributed by atoms with Crippen molar-refractivity contribution in [3.8, 4) is 17.2 Å². The first-order valence-corrected chi connectivity index (χ1v) is 8.72. The van der Waals surface area contributed by atoms with E-state index in [0.29, 0.717) is 12.2 Å². The molecule has 0 aromatic heterocycles. The number of hydrogen-bond donors (Lipinski definition) is 3. The van der Waals surface area contributed by atoms with Gasteiger partial charge in [-0.25, -0.2) is 0 Å². The predicted octanol–water partition coefficient (Wildman–Crippen LogP) is 4.91. The molecular weight excluding hydrogens is 324 g/mol. The largest absolute Gasteiger partial charge is 0.508 e. The molecule has 3 N–H and O–H groups in total. The predicted molar refractivity (Wildman–Crippen MR) is 104 cm³/mol. The van der Waals surface area contributed by atoms with Crippen LogP contribution in [0.4, 0.5) is 0 Å². The van der Waals surface area contributed by atoms with E-state index in [2.05, 4.69) is 0 Å². The Morgan fingerprint density at radius 3 is 2.04 bits per heavy atom. The van der Waals surface area contributed by atoms with Crippen LogP contribution in [-0.2, 0) is 12.8 Å². The Bertz CT molecular complexity index is 958. The van der Waals surface area contributed by atoms with Crippen LogP contribution in [0.15, 0.2) is 48.5 Å². The van der Waals surface area contributed by atoms with Crippen LogP contribution in [-0.4, -0.2) is 15.3 Å². The zero-order valence-corrected chi connectivity index (χ0v) is 15.4. The zero-order valence-electron chi connectivity index (χ0n) is 15.4. The number of aryl methyl sites for hydroxylation is 3. The van der Waals surface area contributed by atoms with Gasteiger partial charge >= 0.3 is 0 Å². The summed E-state index contributed by atoms with van der Waals surface area (Å²) < 4.78 is 0. The fourth-order valence-corrected chi connectivity index (χ4v) is 3.29. The van der Waals surface area contributed by atoms with Crippen LogP contribution in [0.3, 0.4) is 0 Å². The number of rotatable bonds is 4. The lowest BCUT2D eigenvalue weighted by Gasteiger charge is -2.13. The molecule has 3 aromatic carbocycles. The number of benzene rings is 3. The summed E-state index contributed by atoms with van der Waals surface area (Å²) in [6.45, 7) is 5.75. The van der Waals surface area contributed by atoms with Gasteiger partial charge in [0.2, 0.25) is 0 Å². The molecule has 0 amide bonds. The van der Waals surface area contributed by atoms with Gasteiger partial charge in [0.05, 0.1) is 0 Å².